The Morgan fingerprint density at radius 3 is 2.80 bits per heavy atom. The molecule has 0 amide bonds. The predicted octanol–water partition coefficient (Wildman–Crippen LogP) is 3.92. The molecule has 7 heteroatoms. The highest BCUT2D eigenvalue weighted by Gasteiger charge is 2.15. The molecule has 2 N–H and O–H groups in total. The van der Waals surface area contributed by atoms with Crippen molar-refractivity contribution < 1.29 is 14.2 Å². The Bertz CT molecular complexity index is 770. The van der Waals surface area contributed by atoms with Gasteiger partial charge in [0.25, 0.3) is 0 Å². The minimum absolute atomic E-state index is 0.574. The average molecular weight is 432 g/mol. The number of nitrogens with one attached hydrogen (secondary N) is 2. The van der Waals surface area contributed by atoms with Gasteiger partial charge in [-0.3, -0.25) is 0 Å². The van der Waals surface area contributed by atoms with E-state index in [0.29, 0.717) is 12.5 Å². The van der Waals surface area contributed by atoms with Crippen LogP contribution in [0.1, 0.15) is 24.6 Å². The van der Waals surface area contributed by atoms with Gasteiger partial charge in [-0.1, -0.05) is 0 Å². The summed E-state index contributed by atoms with van der Waals surface area (Å²) in [4.78, 5) is 7.20. The molecule has 0 bridgehead atoms. The smallest absolute Gasteiger partial charge is 0.191 e. The quantitative estimate of drug-likeness (QED) is 0.321. The highest BCUT2D eigenvalue weighted by molar-refractivity contribution is 7.15. The van der Waals surface area contributed by atoms with E-state index >= 15 is 0 Å². The van der Waals surface area contributed by atoms with Gasteiger partial charge in [0.05, 0.1) is 26.9 Å². The van der Waals surface area contributed by atoms with Gasteiger partial charge in [0.15, 0.2) is 5.96 Å². The SMILES string of the molecule is CCNC(=NCc1ccc(-c2ccc(OC)cc2)s1)NCCCOCC1CCOC1. The summed E-state index contributed by atoms with van der Waals surface area (Å²) in [5.41, 5.74) is 1.20. The standard InChI is InChI=1S/C23H33N3O3S/c1-3-24-23(25-12-4-13-28-16-18-11-14-29-17-18)26-15-21-9-10-22(30-21)19-5-7-20(27-2)8-6-19/h5-10,18H,3-4,11-17H2,1-2H3,(H2,24,25,26). The molecule has 2 heterocycles. The first kappa shape index (κ1) is 22.6. The van der Waals surface area contributed by atoms with Crippen molar-refractivity contribution in [3.8, 4) is 16.2 Å². The number of rotatable bonds is 11. The summed E-state index contributed by atoms with van der Waals surface area (Å²) < 4.78 is 16.4. The molecule has 0 saturated carbocycles. The van der Waals surface area contributed by atoms with E-state index in [1.807, 2.05) is 12.1 Å². The number of hydrogen-bond donors (Lipinski definition) is 2. The monoisotopic (exact) mass is 431 g/mol. The lowest BCUT2D eigenvalue weighted by Crippen LogP contribution is -2.38. The average Bonchev–Trinajstić information content (AvgIpc) is 3.46. The van der Waals surface area contributed by atoms with Crippen LogP contribution in [0.3, 0.4) is 0 Å². The molecule has 3 rings (SSSR count). The van der Waals surface area contributed by atoms with Crippen molar-refractivity contribution in [3.05, 3.63) is 41.3 Å². The summed E-state index contributed by atoms with van der Waals surface area (Å²) in [5.74, 6) is 2.30. The third-order valence-corrected chi connectivity index (χ3v) is 6.03. The van der Waals surface area contributed by atoms with Crippen molar-refractivity contribution in [1.82, 2.24) is 10.6 Å². The largest absolute Gasteiger partial charge is 0.497 e. The zero-order valence-electron chi connectivity index (χ0n) is 18.0. The molecule has 1 aromatic carbocycles. The van der Waals surface area contributed by atoms with Crippen LogP contribution in [-0.2, 0) is 16.0 Å². The van der Waals surface area contributed by atoms with Crippen LogP contribution in [0.15, 0.2) is 41.4 Å². The highest BCUT2D eigenvalue weighted by Crippen LogP contribution is 2.29. The Morgan fingerprint density at radius 2 is 2.07 bits per heavy atom. The van der Waals surface area contributed by atoms with Crippen molar-refractivity contribution in [1.29, 1.82) is 0 Å². The fraction of sp³-hybridized carbons (Fsp3) is 0.522. The number of guanidine groups is 1. The van der Waals surface area contributed by atoms with Crippen LogP contribution in [0, 0.1) is 5.92 Å². The number of ether oxygens (including phenoxy) is 3. The lowest BCUT2D eigenvalue weighted by atomic mass is 10.1. The van der Waals surface area contributed by atoms with E-state index in [0.717, 1.165) is 64.1 Å². The fourth-order valence-electron chi connectivity index (χ4n) is 3.22. The molecule has 6 nitrogen and oxygen atoms in total. The zero-order chi connectivity index (χ0) is 21.0. The van der Waals surface area contributed by atoms with Gasteiger partial charge in [0, 0.05) is 42.0 Å². The first-order chi connectivity index (χ1) is 14.8. The molecule has 164 valence electrons. The number of nitrogens with zero attached hydrogens (tertiary/aromatic N) is 1. The van der Waals surface area contributed by atoms with Crippen molar-refractivity contribution in [2.45, 2.75) is 26.3 Å². The molecule has 1 aromatic heterocycles. The van der Waals surface area contributed by atoms with Gasteiger partial charge >= 0.3 is 0 Å². The van der Waals surface area contributed by atoms with Crippen LogP contribution in [0.25, 0.3) is 10.4 Å². The van der Waals surface area contributed by atoms with Gasteiger partial charge in [-0.25, -0.2) is 4.99 Å². The second kappa shape index (κ2) is 12.6. The van der Waals surface area contributed by atoms with Gasteiger partial charge in [-0.2, -0.15) is 0 Å². The van der Waals surface area contributed by atoms with Crippen LogP contribution in [0.2, 0.25) is 0 Å². The lowest BCUT2D eigenvalue weighted by molar-refractivity contribution is 0.0888. The van der Waals surface area contributed by atoms with Crippen molar-refractivity contribution in [2.75, 3.05) is 46.6 Å². The van der Waals surface area contributed by atoms with Gasteiger partial charge in [0.1, 0.15) is 5.75 Å². The Labute approximate surface area is 183 Å². The molecule has 1 unspecified atom stereocenters. The van der Waals surface area contributed by atoms with E-state index in [4.69, 9.17) is 19.2 Å². The van der Waals surface area contributed by atoms with Gasteiger partial charge < -0.3 is 24.8 Å². The maximum absolute atomic E-state index is 5.76. The van der Waals surface area contributed by atoms with Crippen LogP contribution in [0.4, 0.5) is 0 Å². The van der Waals surface area contributed by atoms with Gasteiger partial charge in [-0.05, 0) is 61.7 Å². The van der Waals surface area contributed by atoms with Crippen LogP contribution < -0.4 is 15.4 Å². The molecule has 1 aliphatic rings. The Hall–Kier alpha value is -2.09. The number of methoxy groups -OCH3 is 1. The molecule has 2 aromatic rings. The van der Waals surface area contributed by atoms with E-state index in [2.05, 4.69) is 41.8 Å². The molecule has 1 saturated heterocycles. The van der Waals surface area contributed by atoms with Crippen molar-refractivity contribution in [3.63, 3.8) is 0 Å². The van der Waals surface area contributed by atoms with Crippen LogP contribution in [-0.4, -0.2) is 52.6 Å². The summed E-state index contributed by atoms with van der Waals surface area (Å²) >= 11 is 1.77. The second-order valence-corrected chi connectivity index (χ2v) is 8.44. The Morgan fingerprint density at radius 1 is 1.20 bits per heavy atom. The molecular formula is C23H33N3O3S. The van der Waals surface area contributed by atoms with E-state index < -0.39 is 0 Å². The molecule has 30 heavy (non-hydrogen) atoms. The third-order valence-electron chi connectivity index (χ3n) is 4.91. The topological polar surface area (TPSA) is 64.1 Å². The molecule has 1 atom stereocenters. The summed E-state index contributed by atoms with van der Waals surface area (Å²) in [6, 6.07) is 12.5. The van der Waals surface area contributed by atoms with E-state index in [1.54, 1.807) is 18.4 Å². The van der Waals surface area contributed by atoms with Crippen LogP contribution in [0.5, 0.6) is 5.75 Å². The van der Waals surface area contributed by atoms with Crippen LogP contribution >= 0.6 is 11.3 Å². The molecule has 0 spiro atoms. The fourth-order valence-corrected chi connectivity index (χ4v) is 4.16. The normalized spacial score (nSPS) is 16.6. The molecule has 0 radical (unpaired) electrons. The number of thiophene rings is 1. The van der Waals surface area contributed by atoms with Gasteiger partial charge in [-0.15, -0.1) is 11.3 Å². The Kier molecular flexibility index (Phi) is 9.47. The van der Waals surface area contributed by atoms with E-state index in [1.165, 1.54) is 15.3 Å². The summed E-state index contributed by atoms with van der Waals surface area (Å²) in [6.07, 6.45) is 2.08. The first-order valence-electron chi connectivity index (χ1n) is 10.7. The summed E-state index contributed by atoms with van der Waals surface area (Å²) in [6.45, 7) is 7.72. The zero-order valence-corrected chi connectivity index (χ0v) is 18.8. The lowest BCUT2D eigenvalue weighted by Gasteiger charge is -2.12. The molecular weight excluding hydrogens is 398 g/mol. The maximum Gasteiger partial charge on any atom is 0.191 e. The number of aliphatic imine (C=N–C) groups is 1. The summed E-state index contributed by atoms with van der Waals surface area (Å²) in [7, 11) is 1.69. The maximum atomic E-state index is 5.76. The number of hydrogen-bond acceptors (Lipinski definition) is 5. The first-order valence-corrected chi connectivity index (χ1v) is 11.5. The summed E-state index contributed by atoms with van der Waals surface area (Å²) in [5, 5.41) is 6.71. The number of benzene rings is 1. The van der Waals surface area contributed by atoms with E-state index in [9.17, 15) is 0 Å². The second-order valence-electron chi connectivity index (χ2n) is 7.27. The minimum Gasteiger partial charge on any atom is -0.497 e. The van der Waals surface area contributed by atoms with E-state index in [-0.39, 0.29) is 0 Å². The minimum atomic E-state index is 0.574. The van der Waals surface area contributed by atoms with Gasteiger partial charge in [0.2, 0.25) is 0 Å². The predicted molar refractivity (Wildman–Crippen MR) is 123 cm³/mol. The molecule has 1 aliphatic heterocycles. The molecule has 1 fully saturated rings. The Balaban J connectivity index is 1.41. The van der Waals surface area contributed by atoms with Crippen molar-refractivity contribution in [2.24, 2.45) is 10.9 Å². The highest BCUT2D eigenvalue weighted by atomic mass is 32.1. The molecule has 0 aliphatic carbocycles. The third kappa shape index (κ3) is 7.31. The van der Waals surface area contributed by atoms with Crippen molar-refractivity contribution >= 4 is 17.3 Å².